The Labute approximate surface area is 98.6 Å². The van der Waals surface area contributed by atoms with Gasteiger partial charge in [0, 0.05) is 28.7 Å². The zero-order chi connectivity index (χ0) is 0. The van der Waals surface area contributed by atoms with E-state index in [0.717, 1.165) is 0 Å². The quantitative estimate of drug-likeness (QED) is 0.195. The Morgan fingerprint density at radius 1 is 0.750 bits per heavy atom. The van der Waals surface area contributed by atoms with Gasteiger partial charge < -0.3 is 71.9 Å². The zero-order valence-corrected chi connectivity index (χ0v) is 12.0. The number of rotatable bonds is 0. The van der Waals surface area contributed by atoms with E-state index in [1.807, 2.05) is 0 Å². The number of hydrogen-bond donors (Lipinski definition) is 0. The summed E-state index contributed by atoms with van der Waals surface area (Å²) >= 11 is 0. The molecule has 0 saturated heterocycles. The first-order valence-corrected chi connectivity index (χ1v) is 0. The van der Waals surface area contributed by atoms with Crippen LogP contribution in [0.2, 0.25) is 0 Å². The minimum atomic E-state index is 0. The fraction of sp³-hybridized carbons (Fsp3) is 0. The summed E-state index contributed by atoms with van der Waals surface area (Å²) < 4.78 is 0. The maximum atomic E-state index is 0. The normalized spacial score (nSPS) is 0. The van der Waals surface area contributed by atoms with Crippen molar-refractivity contribution in [1.82, 2.24) is 0 Å². The van der Waals surface area contributed by atoms with E-state index in [1.54, 1.807) is 0 Å². The fourth-order valence-electron chi connectivity index (χ4n) is 0. The van der Waals surface area contributed by atoms with Crippen molar-refractivity contribution in [3.8, 4) is 0 Å². The van der Waals surface area contributed by atoms with E-state index in [1.165, 1.54) is 0 Å². The molecule has 0 aliphatic carbocycles. The van der Waals surface area contributed by atoms with E-state index in [4.69, 9.17) is 0 Å². The summed E-state index contributed by atoms with van der Waals surface area (Å²) in [5.41, 5.74) is 0. The molecule has 0 N–H and O–H groups in total. The van der Waals surface area contributed by atoms with Crippen LogP contribution in [0.25, 0.3) is 0 Å². The molecule has 0 aliphatic heterocycles. The Balaban J connectivity index is 0. The molecule has 0 saturated carbocycles. The van der Waals surface area contributed by atoms with Crippen molar-refractivity contribution in [3.05, 3.63) is 0 Å². The minimum absolute atomic E-state index is 0. The smallest absolute Gasteiger partial charge is 0 e. The van der Waals surface area contributed by atoms with Gasteiger partial charge in [0.2, 0.25) is 0 Å². The molecule has 0 aromatic heterocycles. The molecule has 0 nitrogen and oxygen atoms in total. The second-order valence-corrected chi connectivity index (χ2v) is 0. The second kappa shape index (κ2) is 16.5. The molecule has 0 aliphatic rings. The van der Waals surface area contributed by atoms with E-state index in [-0.39, 0.29) is 101 Å². The molecule has 4 heavy (non-hydrogen) atoms. The molecule has 0 spiro atoms. The first-order chi connectivity index (χ1) is 0. The minimum Gasteiger partial charge on any atom is -1.00 e. The summed E-state index contributed by atoms with van der Waals surface area (Å²) in [5.74, 6) is 0. The molecular weight excluding hydrogens is 588 g/mol. The SMILES string of the molecule is [HH].[I-].[I-].[I-].[Pb]. The Morgan fingerprint density at radius 3 is 0.750 bits per heavy atom. The average molecular weight is 590 g/mol. The van der Waals surface area contributed by atoms with E-state index >= 15 is 0 Å². The monoisotopic (exact) mass is 591 g/mol. The van der Waals surface area contributed by atoms with Gasteiger partial charge in [-0.05, 0) is 0 Å². The summed E-state index contributed by atoms with van der Waals surface area (Å²) in [6.07, 6.45) is 0. The summed E-state index contributed by atoms with van der Waals surface area (Å²) in [4.78, 5) is 0. The summed E-state index contributed by atoms with van der Waals surface area (Å²) in [6.45, 7) is 0. The summed E-state index contributed by atoms with van der Waals surface area (Å²) in [6, 6.07) is 0. The Kier molecular flexibility index (Phi) is 113. The molecule has 0 atom stereocenters. The van der Waals surface area contributed by atoms with Crippen LogP contribution < -0.4 is 71.9 Å². The van der Waals surface area contributed by atoms with Gasteiger partial charge in [0.25, 0.3) is 0 Å². The van der Waals surface area contributed by atoms with Crippen LogP contribution in [0, 0.1) is 0 Å². The third kappa shape index (κ3) is 8.93. The van der Waals surface area contributed by atoms with Crippen molar-refractivity contribution < 1.29 is 73.4 Å². The van der Waals surface area contributed by atoms with Gasteiger partial charge in [0.05, 0.1) is 0 Å². The Morgan fingerprint density at radius 2 is 0.750 bits per heavy atom. The molecule has 0 aromatic carbocycles. The van der Waals surface area contributed by atoms with Crippen LogP contribution in [0.4, 0.5) is 0 Å². The molecule has 0 heterocycles. The molecule has 0 aromatic rings. The van der Waals surface area contributed by atoms with Crippen molar-refractivity contribution in [1.29, 1.82) is 0 Å². The van der Waals surface area contributed by atoms with Crippen LogP contribution in [0.3, 0.4) is 0 Å². The predicted octanol–water partition coefficient (Wildman–Crippen LogP) is -9.12. The topological polar surface area (TPSA) is 0 Å². The van der Waals surface area contributed by atoms with Crippen LogP contribution in [-0.2, 0) is 0 Å². The van der Waals surface area contributed by atoms with Crippen LogP contribution in [0.15, 0.2) is 0 Å². The molecule has 0 fully saturated rings. The predicted molar refractivity (Wildman–Crippen MR) is 7.87 cm³/mol. The van der Waals surface area contributed by atoms with Gasteiger partial charge in [-0.3, -0.25) is 0 Å². The number of halogens is 3. The Bertz CT molecular complexity index is 6.85. The van der Waals surface area contributed by atoms with Crippen molar-refractivity contribution in [2.45, 2.75) is 0 Å². The maximum absolute atomic E-state index is 0. The second-order valence-electron chi connectivity index (χ2n) is 0. The van der Waals surface area contributed by atoms with E-state index < -0.39 is 0 Å². The first-order valence-electron chi connectivity index (χ1n) is 0. The van der Waals surface area contributed by atoms with Gasteiger partial charge in [-0.2, -0.15) is 0 Å². The molecule has 0 rings (SSSR count). The van der Waals surface area contributed by atoms with Gasteiger partial charge in [-0.15, -0.1) is 0 Å². The molecule has 0 unspecified atom stereocenters. The summed E-state index contributed by atoms with van der Waals surface area (Å²) in [5, 5.41) is 0. The molecular formula is H2I3Pb-3. The van der Waals surface area contributed by atoms with Crippen molar-refractivity contribution in [2.24, 2.45) is 0 Å². The largest absolute Gasteiger partial charge is 1.00 e. The standard InChI is InChI=1S/3HI.Pb.H2/h3*1H;;1H/p-3. The first kappa shape index (κ1) is 27.4. The van der Waals surface area contributed by atoms with Crippen LogP contribution in [0.1, 0.15) is 1.43 Å². The van der Waals surface area contributed by atoms with Crippen LogP contribution in [0.5, 0.6) is 0 Å². The van der Waals surface area contributed by atoms with Gasteiger partial charge in [0.15, 0.2) is 0 Å². The van der Waals surface area contributed by atoms with E-state index in [0.29, 0.717) is 0 Å². The molecule has 4 heteroatoms. The van der Waals surface area contributed by atoms with E-state index in [9.17, 15) is 0 Å². The Hall–Kier alpha value is 3.11. The molecule has 30 valence electrons. The van der Waals surface area contributed by atoms with Gasteiger partial charge in [-0.25, -0.2) is 0 Å². The average Bonchev–Trinajstić information content (AvgIpc) is 0. The van der Waals surface area contributed by atoms with Crippen molar-refractivity contribution >= 4 is 27.3 Å². The molecule has 4 radical (unpaired) electrons. The third-order valence-electron chi connectivity index (χ3n) is 0. The van der Waals surface area contributed by atoms with Gasteiger partial charge in [-0.1, -0.05) is 0 Å². The maximum Gasteiger partial charge on any atom is 0 e. The number of hydrogen-bond acceptors (Lipinski definition) is 0. The fourth-order valence-corrected chi connectivity index (χ4v) is 0. The van der Waals surface area contributed by atoms with Crippen LogP contribution in [-0.4, -0.2) is 27.3 Å². The molecule has 0 amide bonds. The van der Waals surface area contributed by atoms with Gasteiger partial charge in [0.1, 0.15) is 0 Å². The zero-order valence-electron chi connectivity index (χ0n) is 1.63. The van der Waals surface area contributed by atoms with Crippen molar-refractivity contribution in [3.63, 3.8) is 0 Å². The molecule has 0 bridgehead atoms. The third-order valence-corrected chi connectivity index (χ3v) is 0. The van der Waals surface area contributed by atoms with Gasteiger partial charge >= 0.3 is 0 Å². The van der Waals surface area contributed by atoms with Crippen molar-refractivity contribution in [2.75, 3.05) is 0 Å². The van der Waals surface area contributed by atoms with E-state index in [2.05, 4.69) is 0 Å². The summed E-state index contributed by atoms with van der Waals surface area (Å²) in [7, 11) is 0. The van der Waals surface area contributed by atoms with Crippen LogP contribution >= 0.6 is 0 Å².